The average molecular weight is 326 g/mol. The third kappa shape index (κ3) is 5.51. The monoisotopic (exact) mass is 325 g/mol. The zero-order valence-electron chi connectivity index (χ0n) is 12.2. The predicted molar refractivity (Wildman–Crippen MR) is 82.3 cm³/mol. The molecule has 8 nitrogen and oxygen atoms in total. The molecule has 1 aromatic rings. The second-order valence-electron chi connectivity index (χ2n) is 4.44. The van der Waals surface area contributed by atoms with Crippen LogP contribution in [-0.2, 0) is 16.1 Å². The number of benzene rings is 1. The molecule has 1 atom stereocenters. The third-order valence-electron chi connectivity index (χ3n) is 2.68. The summed E-state index contributed by atoms with van der Waals surface area (Å²) in [5.74, 6) is -0.402. The van der Waals surface area contributed by atoms with Crippen LogP contribution < -0.4 is 5.32 Å². The molecule has 118 valence electrons. The summed E-state index contributed by atoms with van der Waals surface area (Å²) in [5, 5.41) is 5.92. The Bertz CT molecular complexity index is 572. The summed E-state index contributed by atoms with van der Waals surface area (Å²) < 4.78 is 5.03. The highest BCUT2D eigenvalue weighted by atomic mass is 35.5. The van der Waals surface area contributed by atoms with Gasteiger partial charge in [0.2, 0.25) is 5.91 Å². The summed E-state index contributed by atoms with van der Waals surface area (Å²) >= 11 is 5.50. The van der Waals surface area contributed by atoms with Crippen LogP contribution >= 0.6 is 11.6 Å². The standard InChI is InChI=1S/C13H16ClN5O3/c1-9(17-18-15)12(20)16-11-5-3-10(4-6-11)7-22-13(21)19(2)8-14/h3-6,9H,7-8H2,1-2H3,(H,16,20)/t9-/m0/s1. The van der Waals surface area contributed by atoms with Crippen molar-refractivity contribution >= 4 is 29.3 Å². The molecule has 0 aliphatic rings. The molecule has 0 aliphatic carbocycles. The summed E-state index contributed by atoms with van der Waals surface area (Å²) in [7, 11) is 1.53. The van der Waals surface area contributed by atoms with Crippen LogP contribution in [0.4, 0.5) is 10.5 Å². The van der Waals surface area contributed by atoms with Gasteiger partial charge < -0.3 is 10.1 Å². The lowest BCUT2D eigenvalue weighted by molar-refractivity contribution is -0.117. The molecule has 0 fully saturated rings. The smallest absolute Gasteiger partial charge is 0.410 e. The first-order valence-corrected chi connectivity index (χ1v) is 6.89. The molecule has 1 rings (SSSR count). The van der Waals surface area contributed by atoms with Gasteiger partial charge in [-0.3, -0.25) is 9.69 Å². The Morgan fingerprint density at radius 2 is 2.09 bits per heavy atom. The van der Waals surface area contributed by atoms with Gasteiger partial charge in [0, 0.05) is 17.6 Å². The van der Waals surface area contributed by atoms with Crippen molar-refractivity contribution < 1.29 is 14.3 Å². The van der Waals surface area contributed by atoms with Crippen LogP contribution in [0.15, 0.2) is 29.4 Å². The van der Waals surface area contributed by atoms with Crippen LogP contribution in [0.5, 0.6) is 0 Å². The van der Waals surface area contributed by atoms with Crippen molar-refractivity contribution in [2.24, 2.45) is 5.11 Å². The van der Waals surface area contributed by atoms with Crippen LogP contribution in [0.3, 0.4) is 0 Å². The summed E-state index contributed by atoms with van der Waals surface area (Å²) in [6, 6.07) is 6.00. The van der Waals surface area contributed by atoms with E-state index in [0.29, 0.717) is 5.69 Å². The van der Waals surface area contributed by atoms with Crippen molar-refractivity contribution in [2.45, 2.75) is 19.6 Å². The minimum absolute atomic E-state index is 0.0488. The molecule has 0 radical (unpaired) electrons. The number of ether oxygens (including phenoxy) is 1. The Hall–Kier alpha value is -2.44. The maximum absolute atomic E-state index is 11.6. The quantitative estimate of drug-likeness (QED) is 0.285. The molecule has 0 saturated carbocycles. The number of alkyl halides is 1. The molecule has 1 N–H and O–H groups in total. The van der Waals surface area contributed by atoms with E-state index in [0.717, 1.165) is 5.56 Å². The van der Waals surface area contributed by atoms with E-state index in [1.807, 2.05) is 0 Å². The topological polar surface area (TPSA) is 107 Å². The minimum Gasteiger partial charge on any atom is -0.445 e. The highest BCUT2D eigenvalue weighted by molar-refractivity contribution is 6.18. The highest BCUT2D eigenvalue weighted by Gasteiger charge is 2.11. The van der Waals surface area contributed by atoms with Crippen molar-refractivity contribution in [1.82, 2.24) is 4.90 Å². The van der Waals surface area contributed by atoms with Crippen molar-refractivity contribution in [3.05, 3.63) is 40.3 Å². The van der Waals surface area contributed by atoms with Crippen molar-refractivity contribution in [3.63, 3.8) is 0 Å². The van der Waals surface area contributed by atoms with E-state index >= 15 is 0 Å². The number of amides is 2. The molecular weight excluding hydrogens is 310 g/mol. The van der Waals surface area contributed by atoms with Crippen LogP contribution in [-0.4, -0.2) is 36.0 Å². The van der Waals surface area contributed by atoms with E-state index in [9.17, 15) is 9.59 Å². The average Bonchev–Trinajstić information content (AvgIpc) is 2.53. The third-order valence-corrected chi connectivity index (χ3v) is 3.04. The molecular formula is C13H16ClN5O3. The van der Waals surface area contributed by atoms with E-state index in [-0.39, 0.29) is 12.6 Å². The zero-order chi connectivity index (χ0) is 16.5. The number of anilines is 1. The molecule has 0 bridgehead atoms. The molecule has 0 saturated heterocycles. The summed E-state index contributed by atoms with van der Waals surface area (Å²) in [6.45, 7) is 1.60. The molecule has 0 heterocycles. The first-order chi connectivity index (χ1) is 10.5. The van der Waals surface area contributed by atoms with Gasteiger partial charge in [0.25, 0.3) is 0 Å². The number of carbonyl (C=O) groups is 2. The normalized spacial score (nSPS) is 11.0. The van der Waals surface area contributed by atoms with E-state index in [4.69, 9.17) is 21.9 Å². The lowest BCUT2D eigenvalue weighted by Gasteiger charge is -2.13. The van der Waals surface area contributed by atoms with Crippen molar-refractivity contribution in [2.75, 3.05) is 18.4 Å². The number of halogens is 1. The Morgan fingerprint density at radius 1 is 1.45 bits per heavy atom. The maximum atomic E-state index is 11.6. The van der Waals surface area contributed by atoms with Crippen LogP contribution in [0.2, 0.25) is 0 Å². The van der Waals surface area contributed by atoms with Gasteiger partial charge >= 0.3 is 6.09 Å². The summed E-state index contributed by atoms with van der Waals surface area (Å²) in [6.07, 6.45) is -0.518. The fourth-order valence-corrected chi connectivity index (χ4v) is 1.46. The lowest BCUT2D eigenvalue weighted by atomic mass is 10.2. The number of hydrogen-bond donors (Lipinski definition) is 1. The molecule has 0 aromatic heterocycles. The predicted octanol–water partition coefficient (Wildman–Crippen LogP) is 3.09. The van der Waals surface area contributed by atoms with Gasteiger partial charge in [-0.1, -0.05) is 17.2 Å². The van der Waals surface area contributed by atoms with E-state index < -0.39 is 18.0 Å². The molecule has 2 amide bonds. The van der Waals surface area contributed by atoms with Crippen molar-refractivity contribution in [1.29, 1.82) is 0 Å². The van der Waals surface area contributed by atoms with Gasteiger partial charge in [-0.05, 0) is 30.2 Å². The number of rotatable bonds is 6. The lowest BCUT2D eigenvalue weighted by Crippen LogP contribution is -2.25. The Kier molecular flexibility index (Phi) is 7.01. The molecule has 9 heteroatoms. The van der Waals surface area contributed by atoms with Crippen LogP contribution in [0, 0.1) is 0 Å². The number of azide groups is 1. The Balaban J connectivity index is 2.54. The summed E-state index contributed by atoms with van der Waals surface area (Å²) in [5.41, 5.74) is 9.59. The fraction of sp³-hybridized carbons (Fsp3) is 0.385. The van der Waals surface area contributed by atoms with Gasteiger partial charge in [0.1, 0.15) is 12.6 Å². The van der Waals surface area contributed by atoms with Gasteiger partial charge in [0.15, 0.2) is 0 Å². The van der Waals surface area contributed by atoms with E-state index in [1.54, 1.807) is 24.3 Å². The molecule has 0 aliphatic heterocycles. The van der Waals surface area contributed by atoms with Gasteiger partial charge in [-0.15, -0.1) is 11.6 Å². The number of hydrogen-bond acceptors (Lipinski definition) is 4. The largest absolute Gasteiger partial charge is 0.445 e. The molecule has 22 heavy (non-hydrogen) atoms. The van der Waals surface area contributed by atoms with Crippen LogP contribution in [0.25, 0.3) is 10.4 Å². The van der Waals surface area contributed by atoms with Gasteiger partial charge in [-0.2, -0.15) is 0 Å². The summed E-state index contributed by atoms with van der Waals surface area (Å²) in [4.78, 5) is 26.9. The molecule has 0 spiro atoms. The zero-order valence-corrected chi connectivity index (χ0v) is 12.9. The molecule has 1 aromatic carbocycles. The number of nitrogens with zero attached hydrogens (tertiary/aromatic N) is 4. The first kappa shape index (κ1) is 17.6. The fourth-order valence-electron chi connectivity index (χ4n) is 1.36. The second kappa shape index (κ2) is 8.76. The van der Waals surface area contributed by atoms with Gasteiger partial charge in [0.05, 0.1) is 6.00 Å². The van der Waals surface area contributed by atoms with Crippen molar-refractivity contribution in [3.8, 4) is 0 Å². The van der Waals surface area contributed by atoms with E-state index in [2.05, 4.69) is 15.3 Å². The SMILES string of the molecule is C[C@H](N=[N+]=[N-])C(=O)Nc1ccc(COC(=O)N(C)CCl)cc1. The Morgan fingerprint density at radius 3 is 2.64 bits per heavy atom. The minimum atomic E-state index is -0.795. The highest BCUT2D eigenvalue weighted by Crippen LogP contribution is 2.12. The first-order valence-electron chi connectivity index (χ1n) is 6.35. The van der Waals surface area contributed by atoms with E-state index in [1.165, 1.54) is 18.9 Å². The Labute approximate surface area is 132 Å². The second-order valence-corrected chi connectivity index (χ2v) is 4.68. The molecule has 0 unspecified atom stereocenters. The maximum Gasteiger partial charge on any atom is 0.410 e. The van der Waals surface area contributed by atoms with Crippen LogP contribution in [0.1, 0.15) is 12.5 Å². The van der Waals surface area contributed by atoms with Gasteiger partial charge in [-0.25, -0.2) is 4.79 Å². The number of nitrogens with one attached hydrogen (secondary N) is 1. The number of carbonyl (C=O) groups excluding carboxylic acids is 2.